The van der Waals surface area contributed by atoms with Crippen molar-refractivity contribution in [2.24, 2.45) is 0 Å². The number of nitrogens with one attached hydrogen (secondary N) is 1. The summed E-state index contributed by atoms with van der Waals surface area (Å²) in [5.41, 5.74) is 3.61. The minimum absolute atomic E-state index is 0.300. The van der Waals surface area contributed by atoms with Gasteiger partial charge in [0.1, 0.15) is 5.75 Å². The molecule has 4 heteroatoms. The van der Waals surface area contributed by atoms with Gasteiger partial charge in [-0.15, -0.1) is 0 Å². The van der Waals surface area contributed by atoms with Gasteiger partial charge in [-0.3, -0.25) is 0 Å². The zero-order chi connectivity index (χ0) is 16.8. The highest BCUT2D eigenvalue weighted by atomic mass is 16.5. The molecule has 0 aromatic heterocycles. The smallest absolute Gasteiger partial charge is 0.118 e. The van der Waals surface area contributed by atoms with Gasteiger partial charge < -0.3 is 19.9 Å². The Bertz CT molecular complexity index is 591. The average Bonchev–Trinajstić information content (AvgIpc) is 2.55. The highest BCUT2D eigenvalue weighted by molar-refractivity contribution is 5.54. The zero-order valence-electron chi connectivity index (χ0n) is 14.7. The molecule has 0 saturated heterocycles. The molecule has 0 saturated carbocycles. The summed E-state index contributed by atoms with van der Waals surface area (Å²) in [7, 11) is 10.00. The van der Waals surface area contributed by atoms with Crippen LogP contribution in [0.2, 0.25) is 0 Å². The minimum Gasteiger partial charge on any atom is -0.497 e. The predicted molar refractivity (Wildman–Crippen MR) is 98.7 cm³/mol. The molecular formula is C19H27N3O. The van der Waals surface area contributed by atoms with Gasteiger partial charge in [-0.05, 0) is 56.1 Å². The van der Waals surface area contributed by atoms with Crippen LogP contribution in [0.15, 0.2) is 48.5 Å². The summed E-state index contributed by atoms with van der Waals surface area (Å²) >= 11 is 0. The van der Waals surface area contributed by atoms with Crippen LogP contribution in [0.25, 0.3) is 0 Å². The fourth-order valence-corrected chi connectivity index (χ4v) is 2.52. The number of ether oxygens (including phenoxy) is 1. The Labute approximate surface area is 139 Å². The van der Waals surface area contributed by atoms with Crippen LogP contribution in [0.4, 0.5) is 11.4 Å². The molecule has 2 aromatic rings. The van der Waals surface area contributed by atoms with Crippen molar-refractivity contribution in [2.45, 2.75) is 6.04 Å². The molecule has 0 bridgehead atoms. The lowest BCUT2D eigenvalue weighted by molar-refractivity contribution is 0.311. The van der Waals surface area contributed by atoms with Crippen LogP contribution in [0, 0.1) is 0 Å². The van der Waals surface area contributed by atoms with E-state index in [1.54, 1.807) is 7.11 Å². The van der Waals surface area contributed by atoms with Crippen molar-refractivity contribution in [3.8, 4) is 5.75 Å². The van der Waals surface area contributed by atoms with Crippen LogP contribution in [-0.2, 0) is 0 Å². The number of methoxy groups -OCH3 is 1. The topological polar surface area (TPSA) is 27.7 Å². The van der Waals surface area contributed by atoms with E-state index in [1.165, 1.54) is 11.3 Å². The van der Waals surface area contributed by atoms with Crippen molar-refractivity contribution in [3.05, 3.63) is 54.1 Å². The SMILES string of the molecule is COc1ccc(C(CNc2ccc(N(C)C)cc2)N(C)C)cc1. The third-order valence-electron chi connectivity index (χ3n) is 4.01. The molecule has 0 radical (unpaired) electrons. The fourth-order valence-electron chi connectivity index (χ4n) is 2.52. The van der Waals surface area contributed by atoms with Crippen molar-refractivity contribution in [1.82, 2.24) is 4.90 Å². The van der Waals surface area contributed by atoms with Crippen molar-refractivity contribution >= 4 is 11.4 Å². The molecule has 1 unspecified atom stereocenters. The Morgan fingerprint density at radius 1 is 0.913 bits per heavy atom. The molecule has 2 aromatic carbocycles. The summed E-state index contributed by atoms with van der Waals surface area (Å²) < 4.78 is 5.24. The molecule has 0 heterocycles. The number of benzene rings is 2. The van der Waals surface area contributed by atoms with Crippen LogP contribution in [0.1, 0.15) is 11.6 Å². The second-order valence-corrected chi connectivity index (χ2v) is 6.07. The molecule has 0 aliphatic carbocycles. The van der Waals surface area contributed by atoms with Crippen molar-refractivity contribution in [3.63, 3.8) is 0 Å². The largest absolute Gasteiger partial charge is 0.497 e. The van der Waals surface area contributed by atoms with E-state index >= 15 is 0 Å². The maximum atomic E-state index is 5.24. The van der Waals surface area contributed by atoms with Gasteiger partial charge in [0, 0.05) is 32.0 Å². The highest BCUT2D eigenvalue weighted by Gasteiger charge is 2.14. The molecule has 2 rings (SSSR count). The monoisotopic (exact) mass is 313 g/mol. The maximum absolute atomic E-state index is 5.24. The summed E-state index contributed by atoms with van der Waals surface area (Å²) in [5.74, 6) is 0.887. The number of anilines is 2. The number of nitrogens with zero attached hydrogens (tertiary/aromatic N) is 2. The lowest BCUT2D eigenvalue weighted by Gasteiger charge is -2.26. The molecule has 0 spiro atoms. The summed E-state index contributed by atoms with van der Waals surface area (Å²) in [5, 5.41) is 3.53. The van der Waals surface area contributed by atoms with E-state index in [-0.39, 0.29) is 0 Å². The molecule has 0 aliphatic heterocycles. The number of hydrogen-bond acceptors (Lipinski definition) is 4. The first kappa shape index (κ1) is 17.2. The second kappa shape index (κ2) is 7.88. The molecule has 0 amide bonds. The van der Waals surface area contributed by atoms with Crippen LogP contribution in [0.3, 0.4) is 0 Å². The summed E-state index contributed by atoms with van der Waals surface area (Å²) in [4.78, 5) is 4.33. The van der Waals surface area contributed by atoms with Gasteiger partial charge in [0.05, 0.1) is 13.2 Å². The van der Waals surface area contributed by atoms with Crippen molar-refractivity contribution < 1.29 is 4.74 Å². The van der Waals surface area contributed by atoms with Crippen LogP contribution >= 0.6 is 0 Å². The normalized spacial score (nSPS) is 12.1. The van der Waals surface area contributed by atoms with E-state index in [4.69, 9.17) is 4.74 Å². The molecular weight excluding hydrogens is 286 g/mol. The molecule has 4 nitrogen and oxygen atoms in total. The summed E-state index contributed by atoms with van der Waals surface area (Å²) in [6.07, 6.45) is 0. The van der Waals surface area contributed by atoms with E-state index in [2.05, 4.69) is 65.6 Å². The first-order valence-corrected chi connectivity index (χ1v) is 7.83. The Hall–Kier alpha value is -2.20. The van der Waals surface area contributed by atoms with Gasteiger partial charge in [-0.1, -0.05) is 12.1 Å². The molecule has 124 valence electrons. The Balaban J connectivity index is 2.04. The number of hydrogen-bond donors (Lipinski definition) is 1. The Kier molecular flexibility index (Phi) is 5.88. The van der Waals surface area contributed by atoms with Gasteiger partial charge in [-0.25, -0.2) is 0 Å². The van der Waals surface area contributed by atoms with Crippen LogP contribution in [-0.4, -0.2) is 46.7 Å². The second-order valence-electron chi connectivity index (χ2n) is 6.07. The molecule has 23 heavy (non-hydrogen) atoms. The first-order valence-electron chi connectivity index (χ1n) is 7.83. The number of rotatable bonds is 7. The van der Waals surface area contributed by atoms with E-state index in [9.17, 15) is 0 Å². The summed E-state index contributed by atoms with van der Waals surface area (Å²) in [6.45, 7) is 0.848. The van der Waals surface area contributed by atoms with Gasteiger partial charge in [0.15, 0.2) is 0 Å². The zero-order valence-corrected chi connectivity index (χ0v) is 14.7. The maximum Gasteiger partial charge on any atom is 0.118 e. The molecule has 0 fully saturated rings. The Morgan fingerprint density at radius 2 is 1.52 bits per heavy atom. The summed E-state index contributed by atoms with van der Waals surface area (Å²) in [6, 6.07) is 17.1. The van der Waals surface area contributed by atoms with Gasteiger partial charge >= 0.3 is 0 Å². The highest BCUT2D eigenvalue weighted by Crippen LogP contribution is 2.23. The standard InChI is InChI=1S/C19H27N3O/c1-21(2)17-10-8-16(9-11-17)20-14-19(22(3)4)15-6-12-18(23-5)13-7-15/h6-13,19-20H,14H2,1-5H3. The lowest BCUT2D eigenvalue weighted by Crippen LogP contribution is -2.26. The lowest BCUT2D eigenvalue weighted by atomic mass is 10.1. The van der Waals surface area contributed by atoms with Gasteiger partial charge in [0.2, 0.25) is 0 Å². The van der Waals surface area contributed by atoms with E-state index in [1.807, 2.05) is 26.2 Å². The fraction of sp³-hybridized carbons (Fsp3) is 0.368. The molecule has 1 N–H and O–H groups in total. The van der Waals surface area contributed by atoms with Crippen LogP contribution < -0.4 is 15.0 Å². The van der Waals surface area contributed by atoms with Gasteiger partial charge in [-0.2, -0.15) is 0 Å². The van der Waals surface area contributed by atoms with E-state index in [0.717, 1.165) is 18.0 Å². The minimum atomic E-state index is 0.300. The van der Waals surface area contributed by atoms with Crippen LogP contribution in [0.5, 0.6) is 5.75 Å². The Morgan fingerprint density at radius 3 is 2.00 bits per heavy atom. The van der Waals surface area contributed by atoms with Gasteiger partial charge in [0.25, 0.3) is 0 Å². The molecule has 0 aliphatic rings. The predicted octanol–water partition coefficient (Wildman–Crippen LogP) is 3.48. The van der Waals surface area contributed by atoms with Crippen molar-refractivity contribution in [1.29, 1.82) is 0 Å². The third kappa shape index (κ3) is 4.63. The molecule has 1 atom stereocenters. The van der Waals surface area contributed by atoms with Crippen molar-refractivity contribution in [2.75, 3.05) is 52.1 Å². The van der Waals surface area contributed by atoms with E-state index in [0.29, 0.717) is 6.04 Å². The quantitative estimate of drug-likeness (QED) is 0.847. The number of likely N-dealkylation sites (N-methyl/N-ethyl adjacent to an activating group) is 1. The average molecular weight is 313 g/mol. The third-order valence-corrected chi connectivity index (χ3v) is 4.01. The van der Waals surface area contributed by atoms with E-state index < -0.39 is 0 Å². The first-order chi connectivity index (χ1) is 11.0.